The molecule has 1 rings (SSSR count). The molecule has 1 aromatic rings. The highest BCUT2D eigenvalue weighted by atomic mass is 19.1. The first-order chi connectivity index (χ1) is 7.41. The number of halogens is 2. The first kappa shape index (κ1) is 12.6. The summed E-state index contributed by atoms with van der Waals surface area (Å²) in [6.07, 6.45) is -0.227. The molecule has 0 saturated heterocycles. The Morgan fingerprint density at radius 1 is 1.44 bits per heavy atom. The van der Waals surface area contributed by atoms with E-state index in [2.05, 4.69) is 0 Å². The van der Waals surface area contributed by atoms with Crippen molar-refractivity contribution in [2.24, 2.45) is 0 Å². The van der Waals surface area contributed by atoms with E-state index in [1.165, 1.54) is 6.07 Å². The van der Waals surface area contributed by atoms with Gasteiger partial charge in [0.1, 0.15) is 11.6 Å². The number of hydrogen-bond donors (Lipinski definition) is 1. The molecule has 0 aliphatic carbocycles. The summed E-state index contributed by atoms with van der Waals surface area (Å²) in [6.45, 7) is 0. The van der Waals surface area contributed by atoms with Gasteiger partial charge in [-0.1, -0.05) is 6.07 Å². The lowest BCUT2D eigenvalue weighted by molar-refractivity contribution is -0.138. The van der Waals surface area contributed by atoms with Crippen LogP contribution in [0.1, 0.15) is 18.0 Å². The zero-order chi connectivity index (χ0) is 12.3. The maximum Gasteiger partial charge on any atom is 0.305 e. The Hall–Kier alpha value is -1.49. The molecule has 16 heavy (non-hydrogen) atoms. The molecule has 0 amide bonds. The lowest BCUT2D eigenvalue weighted by Gasteiger charge is -2.23. The maximum atomic E-state index is 13.5. The number of nitrogens with zero attached hydrogens (tertiary/aromatic N) is 1. The van der Waals surface area contributed by atoms with E-state index in [0.717, 1.165) is 12.1 Å². The average Bonchev–Trinajstić information content (AvgIpc) is 2.14. The quantitative estimate of drug-likeness (QED) is 0.858. The number of aliphatic carboxylic acids is 1. The van der Waals surface area contributed by atoms with Gasteiger partial charge in [-0.15, -0.1) is 0 Å². The molecule has 0 aromatic heterocycles. The minimum absolute atomic E-state index is 0.189. The largest absolute Gasteiger partial charge is 0.481 e. The van der Waals surface area contributed by atoms with Gasteiger partial charge in [0, 0.05) is 17.7 Å². The van der Waals surface area contributed by atoms with Gasteiger partial charge in [0.05, 0.1) is 6.42 Å². The Bertz CT molecular complexity index is 394. The van der Waals surface area contributed by atoms with Crippen molar-refractivity contribution in [3.63, 3.8) is 0 Å². The van der Waals surface area contributed by atoms with Crippen LogP contribution in [0.2, 0.25) is 0 Å². The van der Waals surface area contributed by atoms with Gasteiger partial charge in [-0.05, 0) is 20.2 Å². The molecule has 0 spiro atoms. The molecule has 0 aliphatic heterocycles. The van der Waals surface area contributed by atoms with Crippen molar-refractivity contribution in [1.29, 1.82) is 0 Å². The molecule has 1 atom stereocenters. The van der Waals surface area contributed by atoms with E-state index in [-0.39, 0.29) is 12.0 Å². The minimum atomic E-state index is -1.03. The number of hydrogen-bond acceptors (Lipinski definition) is 2. The van der Waals surface area contributed by atoms with Gasteiger partial charge >= 0.3 is 5.97 Å². The van der Waals surface area contributed by atoms with Gasteiger partial charge in [-0.25, -0.2) is 8.78 Å². The van der Waals surface area contributed by atoms with E-state index in [4.69, 9.17) is 5.11 Å². The molecule has 1 N–H and O–H groups in total. The zero-order valence-electron chi connectivity index (χ0n) is 9.08. The Morgan fingerprint density at radius 2 is 2.06 bits per heavy atom. The first-order valence-corrected chi connectivity index (χ1v) is 4.75. The smallest absolute Gasteiger partial charge is 0.305 e. The number of benzene rings is 1. The third kappa shape index (κ3) is 3.00. The molecule has 0 heterocycles. The van der Waals surface area contributed by atoms with Gasteiger partial charge in [-0.3, -0.25) is 4.79 Å². The summed E-state index contributed by atoms with van der Waals surface area (Å²) in [4.78, 5) is 12.2. The third-order valence-corrected chi connectivity index (χ3v) is 2.31. The highest BCUT2D eigenvalue weighted by Crippen LogP contribution is 2.25. The summed E-state index contributed by atoms with van der Waals surface area (Å²) in [5.74, 6) is -2.42. The van der Waals surface area contributed by atoms with Crippen molar-refractivity contribution >= 4 is 5.97 Å². The van der Waals surface area contributed by atoms with E-state index in [9.17, 15) is 13.6 Å². The van der Waals surface area contributed by atoms with Crippen LogP contribution >= 0.6 is 0 Å². The average molecular weight is 229 g/mol. The van der Waals surface area contributed by atoms with E-state index in [1.807, 2.05) is 0 Å². The molecule has 1 aromatic carbocycles. The van der Waals surface area contributed by atoms with Crippen molar-refractivity contribution in [3.8, 4) is 0 Å². The van der Waals surface area contributed by atoms with E-state index >= 15 is 0 Å². The highest BCUT2D eigenvalue weighted by Gasteiger charge is 2.21. The molecule has 0 radical (unpaired) electrons. The molecule has 0 aliphatic rings. The van der Waals surface area contributed by atoms with Gasteiger partial charge in [0.25, 0.3) is 0 Å². The molecule has 0 saturated carbocycles. The molecule has 5 heteroatoms. The van der Waals surface area contributed by atoms with Crippen LogP contribution in [0.4, 0.5) is 8.78 Å². The highest BCUT2D eigenvalue weighted by molar-refractivity contribution is 5.68. The van der Waals surface area contributed by atoms with E-state index in [1.54, 1.807) is 19.0 Å². The van der Waals surface area contributed by atoms with E-state index < -0.39 is 23.6 Å². The lowest BCUT2D eigenvalue weighted by atomic mass is 10.0. The second kappa shape index (κ2) is 5.03. The molecule has 88 valence electrons. The second-order valence-corrected chi connectivity index (χ2v) is 3.74. The fraction of sp³-hybridized carbons (Fsp3) is 0.364. The SMILES string of the molecule is CN(C)C(CC(=O)O)c1ccc(F)cc1F. The Balaban J connectivity index is 3.05. The van der Waals surface area contributed by atoms with Gasteiger partial charge in [0.2, 0.25) is 0 Å². The molecule has 0 fully saturated rings. The lowest BCUT2D eigenvalue weighted by Crippen LogP contribution is -2.23. The summed E-state index contributed by atoms with van der Waals surface area (Å²) in [6, 6.07) is 2.56. The summed E-state index contributed by atoms with van der Waals surface area (Å²) < 4.78 is 26.2. The molecular weight excluding hydrogens is 216 g/mol. The predicted molar refractivity (Wildman–Crippen MR) is 55.0 cm³/mol. The minimum Gasteiger partial charge on any atom is -0.481 e. The normalized spacial score (nSPS) is 12.8. The summed E-state index contributed by atoms with van der Waals surface area (Å²) in [5, 5.41) is 8.72. The van der Waals surface area contributed by atoms with Crippen molar-refractivity contribution < 1.29 is 18.7 Å². The van der Waals surface area contributed by atoms with Crippen LogP contribution in [0, 0.1) is 11.6 Å². The van der Waals surface area contributed by atoms with Crippen molar-refractivity contribution in [2.75, 3.05) is 14.1 Å². The summed E-state index contributed by atoms with van der Waals surface area (Å²) >= 11 is 0. The van der Waals surface area contributed by atoms with Crippen LogP contribution in [0.5, 0.6) is 0 Å². The first-order valence-electron chi connectivity index (χ1n) is 4.75. The van der Waals surface area contributed by atoms with Crippen molar-refractivity contribution in [3.05, 3.63) is 35.4 Å². The fourth-order valence-corrected chi connectivity index (χ4v) is 1.51. The van der Waals surface area contributed by atoms with Crippen molar-refractivity contribution in [1.82, 2.24) is 4.90 Å². The molecular formula is C11H13F2NO2. The Morgan fingerprint density at radius 3 is 2.50 bits per heavy atom. The van der Waals surface area contributed by atoms with Crippen LogP contribution in [0.3, 0.4) is 0 Å². The molecule has 3 nitrogen and oxygen atoms in total. The zero-order valence-corrected chi connectivity index (χ0v) is 9.08. The third-order valence-electron chi connectivity index (χ3n) is 2.31. The van der Waals surface area contributed by atoms with Crippen LogP contribution in [-0.4, -0.2) is 30.1 Å². The predicted octanol–water partition coefficient (Wildman–Crippen LogP) is 2.04. The number of rotatable bonds is 4. The summed E-state index contributed by atoms with van der Waals surface area (Å²) in [5.41, 5.74) is 0.189. The topological polar surface area (TPSA) is 40.5 Å². The van der Waals surface area contributed by atoms with Gasteiger partial charge in [0.15, 0.2) is 0 Å². The molecule has 1 unspecified atom stereocenters. The Labute approximate surface area is 92.3 Å². The standard InChI is InChI=1S/C11H13F2NO2/c1-14(2)10(6-11(15)16)8-4-3-7(12)5-9(8)13/h3-5,10H,6H2,1-2H3,(H,15,16). The van der Waals surface area contributed by atoms with Crippen molar-refractivity contribution in [2.45, 2.75) is 12.5 Å². The second-order valence-electron chi connectivity index (χ2n) is 3.74. The van der Waals surface area contributed by atoms with Crippen LogP contribution in [0.15, 0.2) is 18.2 Å². The van der Waals surface area contributed by atoms with Crippen LogP contribution in [0.25, 0.3) is 0 Å². The van der Waals surface area contributed by atoms with E-state index in [0.29, 0.717) is 0 Å². The van der Waals surface area contributed by atoms with Crippen LogP contribution in [-0.2, 0) is 4.79 Å². The maximum absolute atomic E-state index is 13.5. The number of carboxylic acid groups (broad SMARTS) is 1. The monoisotopic (exact) mass is 229 g/mol. The van der Waals surface area contributed by atoms with Gasteiger partial charge < -0.3 is 10.0 Å². The summed E-state index contributed by atoms with van der Waals surface area (Å²) in [7, 11) is 3.30. The van der Waals surface area contributed by atoms with Crippen LogP contribution < -0.4 is 0 Å². The fourth-order valence-electron chi connectivity index (χ4n) is 1.51. The molecule has 0 bridgehead atoms. The number of carbonyl (C=O) groups is 1. The Kier molecular flexibility index (Phi) is 3.95. The van der Waals surface area contributed by atoms with Gasteiger partial charge in [-0.2, -0.15) is 0 Å². The number of carboxylic acids is 1.